The smallest absolute Gasteiger partial charge is 0.346 e. The van der Waals surface area contributed by atoms with E-state index in [1.165, 1.54) is 28.1 Å². The third-order valence-corrected chi connectivity index (χ3v) is 6.12. The average Bonchev–Trinajstić information content (AvgIpc) is 3.28. The van der Waals surface area contributed by atoms with Gasteiger partial charge in [-0.25, -0.2) is 4.98 Å². The summed E-state index contributed by atoms with van der Waals surface area (Å²) in [5.74, 6) is 0.119. The Kier molecular flexibility index (Phi) is 4.41. The first kappa shape index (κ1) is 18.0. The van der Waals surface area contributed by atoms with Crippen molar-refractivity contribution < 1.29 is 13.2 Å². The minimum Gasteiger partial charge on any atom is -0.346 e. The van der Waals surface area contributed by atoms with Crippen LogP contribution in [-0.4, -0.2) is 27.7 Å². The van der Waals surface area contributed by atoms with Gasteiger partial charge in [0.25, 0.3) is 5.56 Å². The summed E-state index contributed by atoms with van der Waals surface area (Å²) >= 11 is 1.33. The number of fused-ring (bicyclic) bond motifs is 1. The van der Waals surface area contributed by atoms with Gasteiger partial charge in [0.15, 0.2) is 0 Å². The molecule has 1 aliphatic rings. The van der Waals surface area contributed by atoms with Gasteiger partial charge in [0.05, 0.1) is 5.56 Å². The molecule has 0 aliphatic heterocycles. The number of anilines is 1. The number of hydrogen-bond donors (Lipinski definition) is 0. The first-order valence-electron chi connectivity index (χ1n) is 8.59. The van der Waals surface area contributed by atoms with E-state index in [1.54, 1.807) is 12.1 Å². The van der Waals surface area contributed by atoms with Crippen molar-refractivity contribution in [2.24, 2.45) is 0 Å². The molecule has 1 saturated carbocycles. The van der Waals surface area contributed by atoms with Gasteiger partial charge in [-0.2, -0.15) is 17.7 Å². The molecular formula is C18H17F3N4OS. The highest BCUT2D eigenvalue weighted by molar-refractivity contribution is 7.20. The second-order valence-corrected chi connectivity index (χ2v) is 7.63. The summed E-state index contributed by atoms with van der Waals surface area (Å²) in [5, 5.41) is 5.04. The van der Waals surface area contributed by atoms with Crippen molar-refractivity contribution in [3.8, 4) is 0 Å². The number of halogens is 3. The fourth-order valence-corrected chi connectivity index (χ4v) is 4.63. The topological polar surface area (TPSA) is 50.5 Å². The van der Waals surface area contributed by atoms with Gasteiger partial charge in [-0.15, -0.1) is 5.10 Å². The molecule has 2 heterocycles. The van der Waals surface area contributed by atoms with E-state index >= 15 is 0 Å². The fraction of sp³-hybridized carbons (Fsp3) is 0.389. The third kappa shape index (κ3) is 3.31. The van der Waals surface area contributed by atoms with Gasteiger partial charge < -0.3 is 4.90 Å². The fourth-order valence-electron chi connectivity index (χ4n) is 3.73. The summed E-state index contributed by atoms with van der Waals surface area (Å²) in [4.78, 5) is 18.6. The van der Waals surface area contributed by atoms with Crippen LogP contribution in [0.2, 0.25) is 0 Å². The zero-order chi connectivity index (χ0) is 19.2. The van der Waals surface area contributed by atoms with E-state index in [-0.39, 0.29) is 17.5 Å². The van der Waals surface area contributed by atoms with Crippen molar-refractivity contribution in [2.45, 2.75) is 37.4 Å². The molecule has 1 fully saturated rings. The maximum atomic E-state index is 12.8. The number of nitrogens with zero attached hydrogens (tertiary/aromatic N) is 4. The molecule has 9 heteroatoms. The lowest BCUT2D eigenvalue weighted by atomic mass is 9.92. The minimum atomic E-state index is -4.33. The highest BCUT2D eigenvalue weighted by atomic mass is 32.1. The molecular weight excluding hydrogens is 377 g/mol. The van der Waals surface area contributed by atoms with Crippen LogP contribution in [0.15, 0.2) is 41.3 Å². The standard InChI is InChI=1S/C18H17F3N4OS/c1-24(17-23-25-15(26)9-10-22-16(25)27-17)14-4-2-3-13(14)11-5-7-12(8-6-11)18(19,20)21/h5-10,13-14H,2-4H2,1H3. The van der Waals surface area contributed by atoms with Gasteiger partial charge in [-0.05, 0) is 30.5 Å². The zero-order valence-electron chi connectivity index (χ0n) is 14.5. The Labute approximate surface area is 157 Å². The molecule has 0 amide bonds. The molecule has 3 aromatic rings. The van der Waals surface area contributed by atoms with Crippen LogP contribution in [0, 0.1) is 0 Å². The van der Waals surface area contributed by atoms with Gasteiger partial charge >= 0.3 is 6.18 Å². The van der Waals surface area contributed by atoms with Gasteiger partial charge in [0.1, 0.15) is 0 Å². The summed E-state index contributed by atoms with van der Waals surface area (Å²) in [7, 11) is 1.91. The second kappa shape index (κ2) is 6.63. The van der Waals surface area contributed by atoms with Crippen LogP contribution >= 0.6 is 11.3 Å². The van der Waals surface area contributed by atoms with Crippen molar-refractivity contribution in [1.29, 1.82) is 0 Å². The number of likely N-dealkylation sites (N-methyl/N-ethyl adjacent to an activating group) is 1. The predicted octanol–water partition coefficient (Wildman–Crippen LogP) is 3.94. The van der Waals surface area contributed by atoms with Crippen LogP contribution in [-0.2, 0) is 6.18 Å². The SMILES string of the molecule is CN(c1nn2c(=O)ccnc2s1)C1CCCC1c1ccc(C(F)(F)F)cc1. The van der Waals surface area contributed by atoms with Crippen LogP contribution < -0.4 is 10.5 Å². The Bertz CT molecular complexity index is 1010. The number of hydrogen-bond acceptors (Lipinski definition) is 5. The molecule has 2 unspecified atom stereocenters. The van der Waals surface area contributed by atoms with E-state index in [1.807, 2.05) is 11.9 Å². The number of rotatable bonds is 3. The molecule has 0 bridgehead atoms. The third-order valence-electron chi connectivity index (χ3n) is 5.10. The number of aromatic nitrogens is 3. The van der Waals surface area contributed by atoms with Crippen molar-refractivity contribution in [3.05, 3.63) is 58.0 Å². The predicted molar refractivity (Wildman–Crippen MR) is 97.4 cm³/mol. The van der Waals surface area contributed by atoms with Crippen LogP contribution in [0.5, 0.6) is 0 Å². The summed E-state index contributed by atoms with van der Waals surface area (Å²) in [5.41, 5.74) is 0.0288. The van der Waals surface area contributed by atoms with Gasteiger partial charge in [0, 0.05) is 31.3 Å². The Hall–Kier alpha value is -2.42. The maximum Gasteiger partial charge on any atom is 0.416 e. The van der Waals surface area contributed by atoms with Crippen molar-refractivity contribution in [1.82, 2.24) is 14.6 Å². The Balaban J connectivity index is 1.62. The van der Waals surface area contributed by atoms with Gasteiger partial charge in [-0.1, -0.05) is 29.9 Å². The van der Waals surface area contributed by atoms with Crippen LogP contribution in [0.4, 0.5) is 18.3 Å². The van der Waals surface area contributed by atoms with E-state index in [0.717, 1.165) is 37.0 Å². The maximum absolute atomic E-state index is 12.8. The van der Waals surface area contributed by atoms with Crippen LogP contribution in [0.1, 0.15) is 36.3 Å². The lowest BCUT2D eigenvalue weighted by Crippen LogP contribution is -2.33. The van der Waals surface area contributed by atoms with E-state index in [2.05, 4.69) is 10.1 Å². The lowest BCUT2D eigenvalue weighted by Gasteiger charge is -2.29. The van der Waals surface area contributed by atoms with Crippen molar-refractivity contribution in [2.75, 3.05) is 11.9 Å². The molecule has 0 spiro atoms. The second-order valence-electron chi connectivity index (χ2n) is 6.70. The molecule has 27 heavy (non-hydrogen) atoms. The van der Waals surface area contributed by atoms with Crippen molar-refractivity contribution >= 4 is 21.4 Å². The Morgan fingerprint density at radius 2 is 1.93 bits per heavy atom. The van der Waals surface area contributed by atoms with Crippen LogP contribution in [0.25, 0.3) is 4.96 Å². The van der Waals surface area contributed by atoms with Gasteiger partial charge in [0.2, 0.25) is 10.1 Å². The molecule has 0 saturated heterocycles. The number of alkyl halides is 3. The first-order chi connectivity index (χ1) is 12.8. The van der Waals surface area contributed by atoms with Crippen molar-refractivity contribution in [3.63, 3.8) is 0 Å². The molecule has 2 aromatic heterocycles. The largest absolute Gasteiger partial charge is 0.416 e. The minimum absolute atomic E-state index is 0.109. The normalized spacial score (nSPS) is 20.3. The molecule has 0 radical (unpaired) electrons. The lowest BCUT2D eigenvalue weighted by molar-refractivity contribution is -0.137. The molecule has 0 N–H and O–H groups in total. The van der Waals surface area contributed by atoms with E-state index < -0.39 is 11.7 Å². The zero-order valence-corrected chi connectivity index (χ0v) is 15.3. The molecule has 2 atom stereocenters. The first-order valence-corrected chi connectivity index (χ1v) is 9.41. The summed E-state index contributed by atoms with van der Waals surface area (Å²) in [6, 6.07) is 6.90. The highest BCUT2D eigenvalue weighted by Crippen LogP contribution is 2.40. The summed E-state index contributed by atoms with van der Waals surface area (Å²) in [6.45, 7) is 0. The molecule has 1 aliphatic carbocycles. The van der Waals surface area contributed by atoms with Gasteiger partial charge in [-0.3, -0.25) is 4.79 Å². The summed E-state index contributed by atoms with van der Waals surface area (Å²) in [6.07, 6.45) is -0.0560. The van der Waals surface area contributed by atoms with E-state index in [4.69, 9.17) is 0 Å². The summed E-state index contributed by atoms with van der Waals surface area (Å²) < 4.78 is 39.7. The average molecular weight is 394 g/mol. The monoisotopic (exact) mass is 394 g/mol. The highest BCUT2D eigenvalue weighted by Gasteiger charge is 2.34. The molecule has 4 rings (SSSR count). The number of benzene rings is 1. The molecule has 142 valence electrons. The Morgan fingerprint density at radius 3 is 2.59 bits per heavy atom. The van der Waals surface area contributed by atoms with Crippen LogP contribution in [0.3, 0.4) is 0 Å². The van der Waals surface area contributed by atoms with E-state index in [0.29, 0.717) is 10.1 Å². The molecule has 1 aromatic carbocycles. The van der Waals surface area contributed by atoms with E-state index in [9.17, 15) is 18.0 Å². The molecule has 5 nitrogen and oxygen atoms in total. The Morgan fingerprint density at radius 1 is 1.19 bits per heavy atom. The quantitative estimate of drug-likeness (QED) is 0.675.